The normalized spacial score (nSPS) is 14.4. The molecule has 0 bridgehead atoms. The highest BCUT2D eigenvalue weighted by Gasteiger charge is 2.16. The summed E-state index contributed by atoms with van der Waals surface area (Å²) in [5, 5.41) is 0. The molecular weight excluding hydrogens is 264 g/mol. The van der Waals surface area contributed by atoms with Gasteiger partial charge in [-0.2, -0.15) is 0 Å². The van der Waals surface area contributed by atoms with Crippen LogP contribution in [0.1, 0.15) is 87.5 Å². The zero-order valence-corrected chi connectivity index (χ0v) is 14.9. The lowest BCUT2D eigenvalue weighted by Gasteiger charge is -2.22. The summed E-state index contributed by atoms with van der Waals surface area (Å²) < 4.78 is 0. The molecule has 0 N–H and O–H groups in total. The second-order valence-corrected chi connectivity index (χ2v) is 7.22. The lowest BCUT2D eigenvalue weighted by Crippen LogP contribution is -2.05. The Hall–Kier alpha value is -1.56. The van der Waals surface area contributed by atoms with E-state index in [1.807, 2.05) is 0 Å². The molecule has 0 saturated carbocycles. The van der Waals surface area contributed by atoms with Gasteiger partial charge in [0.15, 0.2) is 0 Å². The summed E-state index contributed by atoms with van der Waals surface area (Å²) in [4.78, 5) is 0. The first-order chi connectivity index (χ1) is 10.4. The Labute approximate surface area is 136 Å². The summed E-state index contributed by atoms with van der Waals surface area (Å²) in [6.07, 6.45) is 0. The molecule has 2 unspecified atom stereocenters. The maximum absolute atomic E-state index is 2.34. The SMILES string of the molecule is CC(C)c1ccc(C(C)C(C)c2ccc(C(C)C)cc2)cc1. The molecule has 0 heteroatoms. The van der Waals surface area contributed by atoms with Crippen molar-refractivity contribution in [3.8, 4) is 0 Å². The Morgan fingerprint density at radius 2 is 0.636 bits per heavy atom. The maximum Gasteiger partial charge on any atom is -0.0124 e. The predicted octanol–water partition coefficient (Wildman–Crippen LogP) is 6.84. The van der Waals surface area contributed by atoms with Crippen LogP contribution in [0.2, 0.25) is 0 Å². The van der Waals surface area contributed by atoms with Crippen LogP contribution in [0.4, 0.5) is 0 Å². The highest BCUT2D eigenvalue weighted by Crippen LogP contribution is 2.33. The van der Waals surface area contributed by atoms with E-state index in [0.717, 1.165) is 0 Å². The van der Waals surface area contributed by atoms with Crippen LogP contribution in [0.15, 0.2) is 48.5 Å². The standard InChI is InChI=1S/C22H30/c1-15(2)19-7-11-21(12-8-19)17(5)18(6)22-13-9-20(10-14-22)16(3)4/h7-18H,1-6H3. The fourth-order valence-corrected chi connectivity index (χ4v) is 2.95. The van der Waals surface area contributed by atoms with Crippen molar-refractivity contribution in [2.45, 2.75) is 65.2 Å². The molecule has 0 spiro atoms. The molecule has 0 heterocycles. The maximum atomic E-state index is 2.34. The van der Waals surface area contributed by atoms with Crippen LogP contribution >= 0.6 is 0 Å². The van der Waals surface area contributed by atoms with Crippen molar-refractivity contribution >= 4 is 0 Å². The predicted molar refractivity (Wildman–Crippen MR) is 97.9 cm³/mol. The van der Waals surface area contributed by atoms with Gasteiger partial charge in [-0.3, -0.25) is 0 Å². The average molecular weight is 294 g/mol. The number of hydrogen-bond acceptors (Lipinski definition) is 0. The fraction of sp³-hybridized carbons (Fsp3) is 0.455. The molecule has 0 aliphatic rings. The van der Waals surface area contributed by atoms with Crippen LogP contribution in [0.3, 0.4) is 0 Å². The van der Waals surface area contributed by atoms with Crippen molar-refractivity contribution in [3.05, 3.63) is 70.8 Å². The van der Waals surface area contributed by atoms with E-state index in [4.69, 9.17) is 0 Å². The summed E-state index contributed by atoms with van der Waals surface area (Å²) in [5.41, 5.74) is 5.71. The van der Waals surface area contributed by atoms with Gasteiger partial charge in [0.2, 0.25) is 0 Å². The van der Waals surface area contributed by atoms with E-state index in [1.165, 1.54) is 22.3 Å². The molecule has 0 radical (unpaired) electrons. The van der Waals surface area contributed by atoms with Gasteiger partial charge in [0.1, 0.15) is 0 Å². The Kier molecular flexibility index (Phi) is 5.45. The van der Waals surface area contributed by atoms with Gasteiger partial charge in [0.25, 0.3) is 0 Å². The summed E-state index contributed by atoms with van der Waals surface area (Å²) in [7, 11) is 0. The zero-order chi connectivity index (χ0) is 16.3. The van der Waals surface area contributed by atoms with Gasteiger partial charge in [0, 0.05) is 0 Å². The van der Waals surface area contributed by atoms with Crippen LogP contribution < -0.4 is 0 Å². The third-order valence-corrected chi connectivity index (χ3v) is 5.01. The van der Waals surface area contributed by atoms with E-state index < -0.39 is 0 Å². The van der Waals surface area contributed by atoms with Crippen LogP contribution in [0.25, 0.3) is 0 Å². The van der Waals surface area contributed by atoms with Crippen molar-refractivity contribution in [1.29, 1.82) is 0 Å². The first kappa shape index (κ1) is 16.8. The van der Waals surface area contributed by atoms with Crippen molar-refractivity contribution < 1.29 is 0 Å². The van der Waals surface area contributed by atoms with Gasteiger partial charge in [-0.25, -0.2) is 0 Å². The van der Waals surface area contributed by atoms with Crippen molar-refractivity contribution in [2.75, 3.05) is 0 Å². The molecule has 2 aromatic rings. The molecule has 0 saturated heterocycles. The molecular formula is C22H30. The van der Waals surface area contributed by atoms with E-state index >= 15 is 0 Å². The average Bonchev–Trinajstić information content (AvgIpc) is 2.53. The number of rotatable bonds is 5. The van der Waals surface area contributed by atoms with Gasteiger partial charge in [-0.15, -0.1) is 0 Å². The van der Waals surface area contributed by atoms with E-state index in [-0.39, 0.29) is 0 Å². The first-order valence-corrected chi connectivity index (χ1v) is 8.59. The number of hydrogen-bond donors (Lipinski definition) is 0. The van der Waals surface area contributed by atoms with Crippen molar-refractivity contribution in [1.82, 2.24) is 0 Å². The lowest BCUT2D eigenvalue weighted by molar-refractivity contribution is 0.622. The second-order valence-electron chi connectivity index (χ2n) is 7.22. The Morgan fingerprint density at radius 3 is 0.864 bits per heavy atom. The molecule has 0 aliphatic heterocycles. The molecule has 2 rings (SSSR count). The van der Waals surface area contributed by atoms with E-state index in [2.05, 4.69) is 90.1 Å². The molecule has 22 heavy (non-hydrogen) atoms. The Balaban J connectivity index is 2.15. The second kappa shape index (κ2) is 7.13. The van der Waals surface area contributed by atoms with Crippen molar-refractivity contribution in [2.24, 2.45) is 0 Å². The van der Waals surface area contributed by atoms with Crippen LogP contribution in [0, 0.1) is 0 Å². The summed E-state index contributed by atoms with van der Waals surface area (Å²) in [6, 6.07) is 18.3. The molecule has 0 fully saturated rings. The highest BCUT2D eigenvalue weighted by molar-refractivity contribution is 5.32. The zero-order valence-electron chi connectivity index (χ0n) is 14.9. The third kappa shape index (κ3) is 3.80. The topological polar surface area (TPSA) is 0 Å². The Bertz CT molecular complexity index is 517. The summed E-state index contributed by atoms with van der Waals surface area (Å²) in [5.74, 6) is 2.27. The highest BCUT2D eigenvalue weighted by atomic mass is 14.2. The van der Waals surface area contributed by atoms with Crippen LogP contribution in [0.5, 0.6) is 0 Å². The molecule has 2 atom stereocenters. The molecule has 0 aliphatic carbocycles. The largest absolute Gasteiger partial charge is 0.0587 e. The molecule has 2 aromatic carbocycles. The van der Waals surface area contributed by atoms with Gasteiger partial charge >= 0.3 is 0 Å². The molecule has 118 valence electrons. The smallest absolute Gasteiger partial charge is 0.0124 e. The lowest BCUT2D eigenvalue weighted by atomic mass is 9.83. The minimum atomic E-state index is 0.533. The molecule has 0 nitrogen and oxygen atoms in total. The minimum absolute atomic E-state index is 0.533. The van der Waals surface area contributed by atoms with Crippen molar-refractivity contribution in [3.63, 3.8) is 0 Å². The molecule has 0 amide bonds. The number of benzene rings is 2. The van der Waals surface area contributed by atoms with Crippen LogP contribution in [-0.2, 0) is 0 Å². The quantitative estimate of drug-likeness (QED) is 0.566. The fourth-order valence-electron chi connectivity index (χ4n) is 2.95. The third-order valence-electron chi connectivity index (χ3n) is 5.01. The van der Waals surface area contributed by atoms with Gasteiger partial charge < -0.3 is 0 Å². The van der Waals surface area contributed by atoms with Gasteiger partial charge in [0.05, 0.1) is 0 Å². The van der Waals surface area contributed by atoms with E-state index in [1.54, 1.807) is 0 Å². The van der Waals surface area contributed by atoms with E-state index in [0.29, 0.717) is 23.7 Å². The van der Waals surface area contributed by atoms with E-state index in [9.17, 15) is 0 Å². The van der Waals surface area contributed by atoms with Gasteiger partial charge in [-0.1, -0.05) is 90.1 Å². The first-order valence-electron chi connectivity index (χ1n) is 8.59. The van der Waals surface area contributed by atoms with Crippen LogP contribution in [-0.4, -0.2) is 0 Å². The summed E-state index contributed by atoms with van der Waals surface area (Å²) in [6.45, 7) is 13.7. The monoisotopic (exact) mass is 294 g/mol. The minimum Gasteiger partial charge on any atom is -0.0587 e. The Morgan fingerprint density at radius 1 is 0.409 bits per heavy atom. The summed E-state index contributed by atoms with van der Waals surface area (Å²) >= 11 is 0. The van der Waals surface area contributed by atoms with Gasteiger partial charge in [-0.05, 0) is 45.9 Å². The molecule has 0 aromatic heterocycles.